The Balaban J connectivity index is 0.000000197. The summed E-state index contributed by atoms with van der Waals surface area (Å²) in [6, 6.07) is 23.9. The van der Waals surface area contributed by atoms with Crippen LogP contribution < -0.4 is 9.47 Å². The van der Waals surface area contributed by atoms with Crippen LogP contribution >= 0.6 is 15.9 Å². The molecular weight excluding hydrogens is 1390 g/mol. The van der Waals surface area contributed by atoms with Gasteiger partial charge in [0.25, 0.3) is 5.91 Å². The number of ether oxygens (including phenoxy) is 2. The van der Waals surface area contributed by atoms with Crippen molar-refractivity contribution in [3.8, 4) is 28.7 Å². The second-order valence-electron chi connectivity index (χ2n) is 19.8. The molecule has 0 fully saturated rings. The molecule has 0 spiro atoms. The minimum atomic E-state index is -4.40. The maximum Gasteiger partial charge on any atom is 0.416 e. The van der Waals surface area contributed by atoms with E-state index in [9.17, 15) is 67.8 Å². The summed E-state index contributed by atoms with van der Waals surface area (Å²) in [6.45, 7) is 3.70. The number of halogens is 12. The second kappa shape index (κ2) is 36.0. The third-order valence-corrected chi connectivity index (χ3v) is 13.1. The molecule has 1 unspecified atom stereocenters. The fourth-order valence-corrected chi connectivity index (χ4v) is 7.77. The van der Waals surface area contributed by atoms with Gasteiger partial charge < -0.3 is 19.7 Å². The Labute approximate surface area is 563 Å². The van der Waals surface area contributed by atoms with Gasteiger partial charge in [0.1, 0.15) is 87.3 Å². The smallest absolute Gasteiger partial charge is 0.416 e. The van der Waals surface area contributed by atoms with Crippen LogP contribution in [0.4, 0.5) is 48.3 Å². The van der Waals surface area contributed by atoms with E-state index in [-0.39, 0.29) is 57.8 Å². The summed E-state index contributed by atoms with van der Waals surface area (Å²) in [5.41, 5.74) is -1.38. The Morgan fingerprint density at radius 2 is 0.788 bits per heavy atom. The molecule has 11 rings (SSSR count). The highest BCUT2D eigenvalue weighted by Gasteiger charge is 2.38. The minimum Gasteiger partial charge on any atom is -0.508 e. The largest absolute Gasteiger partial charge is 0.508 e. The standard InChI is InChI=1S/C20H18F3N3O2.C17H10F3N3O2.C10H6FN3O.C7H5F3O.C7H9N3O2.C5H3BrFN/c1-13(2)19(27,15-9-24-12-25-10-15)18-8-7-17(11-26-18)28-16-5-3-14(4-6-16)20(21,22)23;18-17(19,20)12-1-3-13(4-2-12)25-14-5-6-15(23-9-14)16(24)11-7-21-10-22-8-11;11-8-1-2-9(14-5-8)10(15)7-3-12-6-13-4-7;8-7(9,10)5-1-3-6(11)4-2-5;1-10(12-2)7(11)6-3-8-5-9-4-6;6-5-2-1-4(7)3-8-5/h3-13,27H,1-2H3;1-10H;1-6H;1-4,11H;3-5H,1-2H3;1-3H. The number of carbonyl (C=O) groups is 3. The second-order valence-corrected chi connectivity index (χ2v) is 20.6. The summed E-state index contributed by atoms with van der Waals surface area (Å²) < 4.78 is 147. The van der Waals surface area contributed by atoms with Crippen molar-refractivity contribution in [2.75, 3.05) is 14.2 Å². The van der Waals surface area contributed by atoms with Crippen LogP contribution in [-0.2, 0) is 29.0 Å². The summed E-state index contributed by atoms with van der Waals surface area (Å²) in [7, 11) is 2.94. The van der Waals surface area contributed by atoms with Gasteiger partial charge in [0, 0.05) is 62.2 Å². The molecule has 33 heteroatoms. The van der Waals surface area contributed by atoms with Gasteiger partial charge in [-0.15, -0.1) is 0 Å². The topological polar surface area (TPSA) is 277 Å². The molecule has 0 bridgehead atoms. The Bertz CT molecular complexity index is 4250. The van der Waals surface area contributed by atoms with Crippen LogP contribution in [0, 0.1) is 17.6 Å². The maximum atomic E-state index is 12.6. The van der Waals surface area contributed by atoms with Gasteiger partial charge in [0.05, 0.1) is 71.0 Å². The lowest BCUT2D eigenvalue weighted by Crippen LogP contribution is -2.34. The molecule has 0 aliphatic carbocycles. The molecule has 0 radical (unpaired) electrons. The van der Waals surface area contributed by atoms with Crippen LogP contribution in [-0.4, -0.2) is 107 Å². The fraction of sp³-hybridized carbons (Fsp3) is 0.136. The summed E-state index contributed by atoms with van der Waals surface area (Å²) in [5.74, 6) is -1.01. The molecule has 0 saturated heterocycles. The molecule has 3 aromatic carbocycles. The maximum absolute atomic E-state index is 12.6. The molecular formula is C66H51BrF11N13O8. The van der Waals surface area contributed by atoms with Gasteiger partial charge in [-0.1, -0.05) is 13.8 Å². The molecule has 512 valence electrons. The van der Waals surface area contributed by atoms with E-state index >= 15 is 0 Å². The summed E-state index contributed by atoms with van der Waals surface area (Å²) in [4.78, 5) is 85.7. The first-order valence-corrected chi connectivity index (χ1v) is 28.8. The molecule has 0 saturated carbocycles. The fourth-order valence-electron chi connectivity index (χ4n) is 7.53. The lowest BCUT2D eigenvalue weighted by molar-refractivity contribution is -0.138. The Kier molecular flexibility index (Phi) is 27.8. The van der Waals surface area contributed by atoms with Crippen LogP contribution in [0.1, 0.15) is 84.3 Å². The van der Waals surface area contributed by atoms with E-state index in [0.717, 1.165) is 66.0 Å². The zero-order valence-electron chi connectivity index (χ0n) is 51.6. The van der Waals surface area contributed by atoms with E-state index in [2.05, 4.69) is 75.7 Å². The van der Waals surface area contributed by atoms with Crippen molar-refractivity contribution in [1.82, 2.24) is 64.9 Å². The van der Waals surface area contributed by atoms with Gasteiger partial charge in [-0.25, -0.2) is 68.7 Å². The predicted octanol–water partition coefficient (Wildman–Crippen LogP) is 14.2. The number of phenols is 1. The zero-order chi connectivity index (χ0) is 72.3. The first kappa shape index (κ1) is 76.4. The molecule has 2 N–H and O–H groups in total. The molecule has 1 atom stereocenters. The quantitative estimate of drug-likeness (QED) is 0.0469. The first-order valence-electron chi connectivity index (χ1n) is 28.0. The van der Waals surface area contributed by atoms with E-state index in [0.29, 0.717) is 44.0 Å². The van der Waals surface area contributed by atoms with Crippen molar-refractivity contribution in [2.24, 2.45) is 5.92 Å². The number of pyridine rings is 4. The van der Waals surface area contributed by atoms with Gasteiger partial charge in [-0.2, -0.15) is 39.5 Å². The van der Waals surface area contributed by atoms with Crippen molar-refractivity contribution in [2.45, 2.75) is 38.0 Å². The third-order valence-electron chi connectivity index (χ3n) is 12.6. The number of rotatable bonds is 13. The van der Waals surface area contributed by atoms with E-state index in [1.165, 1.54) is 156 Å². The number of hydrogen-bond acceptors (Lipinski definition) is 20. The molecule has 0 aliphatic heterocycles. The van der Waals surface area contributed by atoms with Crippen molar-refractivity contribution in [3.05, 3.63) is 293 Å². The van der Waals surface area contributed by atoms with E-state index in [4.69, 9.17) is 19.4 Å². The van der Waals surface area contributed by atoms with E-state index in [1.807, 2.05) is 13.8 Å². The predicted molar refractivity (Wildman–Crippen MR) is 333 cm³/mol. The molecule has 1 amide bonds. The number of benzene rings is 3. The van der Waals surface area contributed by atoms with Gasteiger partial charge >= 0.3 is 18.5 Å². The number of ketones is 2. The normalized spacial score (nSPS) is 11.5. The molecule has 8 heterocycles. The number of aliphatic hydroxyl groups is 1. The van der Waals surface area contributed by atoms with Crippen LogP contribution in [0.25, 0.3) is 0 Å². The number of hydrogen-bond donors (Lipinski definition) is 2. The van der Waals surface area contributed by atoms with E-state index < -0.39 is 46.6 Å². The number of amides is 1. The Morgan fingerprint density at radius 1 is 0.434 bits per heavy atom. The first-order chi connectivity index (χ1) is 47.0. The number of aromatic hydroxyl groups is 1. The highest BCUT2D eigenvalue weighted by atomic mass is 79.9. The van der Waals surface area contributed by atoms with Crippen LogP contribution in [0.3, 0.4) is 0 Å². The van der Waals surface area contributed by atoms with Crippen LogP contribution in [0.5, 0.6) is 28.7 Å². The average molecular weight is 1440 g/mol. The van der Waals surface area contributed by atoms with Crippen molar-refractivity contribution in [3.63, 3.8) is 0 Å². The van der Waals surface area contributed by atoms with Crippen molar-refractivity contribution >= 4 is 33.4 Å². The highest BCUT2D eigenvalue weighted by molar-refractivity contribution is 9.10. The number of aromatic nitrogens is 12. The molecule has 8 aromatic heterocycles. The summed E-state index contributed by atoms with van der Waals surface area (Å²) in [6.07, 6.45) is 8.59. The number of hydroxylamine groups is 2. The van der Waals surface area contributed by atoms with Crippen LogP contribution in [0.15, 0.2) is 226 Å². The monoisotopic (exact) mass is 1440 g/mol. The van der Waals surface area contributed by atoms with Gasteiger partial charge in [0.2, 0.25) is 11.6 Å². The number of phenolic OH excluding ortho intramolecular Hbond substituents is 1. The number of nitrogens with zero attached hydrogens (tertiary/aromatic N) is 13. The number of carbonyl (C=O) groups excluding carboxylic acids is 3. The molecule has 21 nitrogen and oxygen atoms in total. The van der Waals surface area contributed by atoms with Gasteiger partial charge in [-0.3, -0.25) is 24.2 Å². The SMILES string of the molecule is CC(C)C(O)(c1cncnc1)c1ccc(Oc2ccc(C(F)(F)F)cc2)cn1.CON(C)C(=O)c1cncnc1.Fc1ccc(Br)nc1.O=C(c1cncnc1)c1ccc(F)cn1.O=C(c1cncnc1)c1ccc(Oc2ccc(C(F)(F)F)cc2)cn1.Oc1ccc(C(F)(F)F)cc1. The molecule has 99 heavy (non-hydrogen) atoms. The Hall–Kier alpha value is -11.6. The molecule has 0 aliphatic rings. The van der Waals surface area contributed by atoms with Crippen molar-refractivity contribution in [1.29, 1.82) is 0 Å². The van der Waals surface area contributed by atoms with Gasteiger partial charge in [0.15, 0.2) is 0 Å². The van der Waals surface area contributed by atoms with Crippen molar-refractivity contribution < 1.29 is 87.2 Å². The third kappa shape index (κ3) is 23.9. The Morgan fingerprint density at radius 3 is 1.12 bits per heavy atom. The van der Waals surface area contributed by atoms with Crippen LogP contribution in [0.2, 0.25) is 0 Å². The lowest BCUT2D eigenvalue weighted by Gasteiger charge is -2.31. The number of alkyl halides is 9. The highest BCUT2D eigenvalue weighted by Crippen LogP contribution is 2.37. The lowest BCUT2D eigenvalue weighted by atomic mass is 9.81. The van der Waals surface area contributed by atoms with Gasteiger partial charge in [-0.05, 0) is 143 Å². The average Bonchev–Trinajstić information content (AvgIpc) is 0.785. The molecule has 11 aromatic rings. The summed E-state index contributed by atoms with van der Waals surface area (Å²) in [5, 5.41) is 21.0. The minimum absolute atomic E-state index is 0.169. The zero-order valence-corrected chi connectivity index (χ0v) is 53.1. The summed E-state index contributed by atoms with van der Waals surface area (Å²) >= 11 is 3.07. The van der Waals surface area contributed by atoms with E-state index in [1.54, 1.807) is 18.2 Å².